The fourth-order valence-electron chi connectivity index (χ4n) is 1.01. The van der Waals surface area contributed by atoms with Crippen molar-refractivity contribution in [1.82, 2.24) is 4.72 Å². The van der Waals surface area contributed by atoms with Gasteiger partial charge >= 0.3 is 0 Å². The van der Waals surface area contributed by atoms with Crippen LogP contribution >= 0.6 is 0 Å². The molecule has 0 bridgehead atoms. The van der Waals surface area contributed by atoms with Gasteiger partial charge in [0.05, 0.1) is 11.4 Å². The lowest BCUT2D eigenvalue weighted by molar-refractivity contribution is 0.475. The second-order valence-corrected chi connectivity index (χ2v) is 4.37. The largest absolute Gasteiger partial charge is 0.508 e. The van der Waals surface area contributed by atoms with Crippen molar-refractivity contribution in [3.63, 3.8) is 0 Å². The molecule has 0 heterocycles. The van der Waals surface area contributed by atoms with Gasteiger partial charge in [-0.1, -0.05) is 6.92 Å². The monoisotopic (exact) mass is 231 g/mol. The Hall–Kier alpha value is -1.47. The SMILES string of the molecule is CCNS(=O)(=O)Nc1ccc(O)cc1N. The molecule has 6 nitrogen and oxygen atoms in total. The third-order valence-corrected chi connectivity index (χ3v) is 2.77. The van der Waals surface area contributed by atoms with E-state index < -0.39 is 10.2 Å². The molecule has 7 heteroatoms. The standard InChI is InChI=1S/C8H13N3O3S/c1-2-10-15(13,14)11-8-4-3-6(12)5-7(8)9/h3-5,10-12H,2,9H2,1H3. The first kappa shape index (κ1) is 11.6. The Morgan fingerprint density at radius 2 is 2.13 bits per heavy atom. The van der Waals surface area contributed by atoms with E-state index in [1.165, 1.54) is 18.2 Å². The van der Waals surface area contributed by atoms with Crippen molar-refractivity contribution in [1.29, 1.82) is 0 Å². The Labute approximate surface area is 88.3 Å². The normalized spacial score (nSPS) is 11.3. The lowest BCUT2D eigenvalue weighted by atomic mass is 10.2. The van der Waals surface area contributed by atoms with Crippen LogP contribution in [0.25, 0.3) is 0 Å². The number of aromatic hydroxyl groups is 1. The molecular formula is C8H13N3O3S. The molecule has 5 N–H and O–H groups in total. The first-order chi connectivity index (χ1) is 6.94. The van der Waals surface area contributed by atoms with Gasteiger partial charge in [0.25, 0.3) is 10.2 Å². The smallest absolute Gasteiger partial charge is 0.299 e. The number of hydrogen-bond donors (Lipinski definition) is 4. The predicted octanol–water partition coefficient (Wildman–Crippen LogP) is 0.241. The third kappa shape index (κ3) is 3.30. The highest BCUT2D eigenvalue weighted by molar-refractivity contribution is 7.90. The average molecular weight is 231 g/mol. The van der Waals surface area contributed by atoms with Gasteiger partial charge in [0.2, 0.25) is 0 Å². The van der Waals surface area contributed by atoms with Gasteiger partial charge in [0, 0.05) is 12.6 Å². The zero-order valence-electron chi connectivity index (χ0n) is 8.19. The van der Waals surface area contributed by atoms with Gasteiger partial charge in [0.15, 0.2) is 0 Å². The van der Waals surface area contributed by atoms with Crippen LogP contribution in [0.4, 0.5) is 11.4 Å². The van der Waals surface area contributed by atoms with E-state index in [2.05, 4.69) is 9.44 Å². The molecule has 0 atom stereocenters. The van der Waals surface area contributed by atoms with Crippen LogP contribution < -0.4 is 15.2 Å². The summed E-state index contributed by atoms with van der Waals surface area (Å²) in [6, 6.07) is 4.00. The number of hydrogen-bond acceptors (Lipinski definition) is 4. The van der Waals surface area contributed by atoms with Crippen LogP contribution in [0, 0.1) is 0 Å². The average Bonchev–Trinajstić information content (AvgIpc) is 2.09. The summed E-state index contributed by atoms with van der Waals surface area (Å²) < 4.78 is 27.1. The number of nitrogens with one attached hydrogen (secondary N) is 2. The van der Waals surface area contributed by atoms with Crippen LogP contribution in [0.15, 0.2) is 18.2 Å². The van der Waals surface area contributed by atoms with Crippen LogP contribution in [0.2, 0.25) is 0 Å². The van der Waals surface area contributed by atoms with E-state index in [1.807, 2.05) is 0 Å². The maximum absolute atomic E-state index is 11.3. The number of anilines is 2. The van der Waals surface area contributed by atoms with Gasteiger partial charge in [-0.2, -0.15) is 13.1 Å². The molecule has 1 aromatic carbocycles. The second kappa shape index (κ2) is 4.37. The summed E-state index contributed by atoms with van der Waals surface area (Å²) in [6.45, 7) is 1.95. The molecule has 0 aliphatic heterocycles. The van der Waals surface area contributed by atoms with Gasteiger partial charge < -0.3 is 10.8 Å². The lowest BCUT2D eigenvalue weighted by Crippen LogP contribution is -2.30. The second-order valence-electron chi connectivity index (χ2n) is 2.87. The van der Waals surface area contributed by atoms with E-state index in [9.17, 15) is 8.42 Å². The van der Waals surface area contributed by atoms with Crippen molar-refractivity contribution in [3.05, 3.63) is 18.2 Å². The number of rotatable bonds is 4. The fourth-order valence-corrected chi connectivity index (χ4v) is 1.94. The molecule has 0 aliphatic rings. The molecule has 0 fully saturated rings. The lowest BCUT2D eigenvalue weighted by Gasteiger charge is -2.10. The molecule has 1 rings (SSSR count). The molecule has 1 aromatic rings. The van der Waals surface area contributed by atoms with Crippen LogP contribution in [0.1, 0.15) is 6.92 Å². The Morgan fingerprint density at radius 3 is 2.67 bits per heavy atom. The van der Waals surface area contributed by atoms with E-state index in [-0.39, 0.29) is 23.7 Å². The Morgan fingerprint density at radius 1 is 1.47 bits per heavy atom. The van der Waals surface area contributed by atoms with E-state index in [4.69, 9.17) is 10.8 Å². The number of phenolic OH excluding ortho intramolecular Hbond substituents is 1. The minimum Gasteiger partial charge on any atom is -0.508 e. The predicted molar refractivity (Wildman–Crippen MR) is 58.7 cm³/mol. The topological polar surface area (TPSA) is 104 Å². The fraction of sp³-hybridized carbons (Fsp3) is 0.250. The minimum absolute atomic E-state index is 0.0149. The molecule has 0 unspecified atom stereocenters. The Kier molecular flexibility index (Phi) is 3.38. The quantitative estimate of drug-likeness (QED) is 0.440. The zero-order chi connectivity index (χ0) is 11.5. The summed E-state index contributed by atoms with van der Waals surface area (Å²) in [6.07, 6.45) is 0. The van der Waals surface area contributed by atoms with Crippen molar-refractivity contribution in [2.45, 2.75) is 6.92 Å². The first-order valence-corrected chi connectivity index (χ1v) is 5.79. The number of benzene rings is 1. The van der Waals surface area contributed by atoms with Crippen LogP contribution in [-0.2, 0) is 10.2 Å². The third-order valence-electron chi connectivity index (χ3n) is 1.61. The van der Waals surface area contributed by atoms with Gasteiger partial charge in [-0.25, -0.2) is 0 Å². The molecule has 0 radical (unpaired) electrons. The summed E-state index contributed by atoms with van der Waals surface area (Å²) in [5, 5.41) is 9.07. The number of nitrogens with two attached hydrogens (primary N) is 1. The van der Waals surface area contributed by atoms with Gasteiger partial charge in [-0.3, -0.25) is 4.72 Å². The highest BCUT2D eigenvalue weighted by Gasteiger charge is 2.09. The van der Waals surface area contributed by atoms with Crippen molar-refractivity contribution in [2.24, 2.45) is 0 Å². The molecule has 0 spiro atoms. The summed E-state index contributed by atoms with van der Waals surface area (Å²) in [7, 11) is -3.58. The molecule has 0 saturated heterocycles. The summed E-state index contributed by atoms with van der Waals surface area (Å²) in [5.74, 6) is -0.0149. The summed E-state index contributed by atoms with van der Waals surface area (Å²) >= 11 is 0. The van der Waals surface area contributed by atoms with E-state index in [0.29, 0.717) is 0 Å². The van der Waals surface area contributed by atoms with E-state index in [0.717, 1.165) is 0 Å². The van der Waals surface area contributed by atoms with Gasteiger partial charge in [0.1, 0.15) is 5.75 Å². The van der Waals surface area contributed by atoms with E-state index >= 15 is 0 Å². The first-order valence-electron chi connectivity index (χ1n) is 4.30. The van der Waals surface area contributed by atoms with Gasteiger partial charge in [-0.15, -0.1) is 0 Å². The highest BCUT2D eigenvalue weighted by atomic mass is 32.2. The van der Waals surface area contributed by atoms with Crippen LogP contribution in [-0.4, -0.2) is 20.1 Å². The van der Waals surface area contributed by atoms with Crippen LogP contribution in [0.3, 0.4) is 0 Å². The number of nitrogen functional groups attached to an aromatic ring is 1. The molecular weight excluding hydrogens is 218 g/mol. The summed E-state index contributed by atoms with van der Waals surface area (Å²) in [4.78, 5) is 0. The Bertz CT molecular complexity index is 444. The van der Waals surface area contributed by atoms with Gasteiger partial charge in [-0.05, 0) is 12.1 Å². The van der Waals surface area contributed by atoms with Crippen molar-refractivity contribution in [3.8, 4) is 5.75 Å². The molecule has 0 aromatic heterocycles. The minimum atomic E-state index is -3.58. The maximum Gasteiger partial charge on any atom is 0.299 e. The summed E-state index contributed by atoms with van der Waals surface area (Å²) in [5.41, 5.74) is 5.90. The van der Waals surface area contributed by atoms with E-state index in [1.54, 1.807) is 6.92 Å². The maximum atomic E-state index is 11.3. The molecule has 84 valence electrons. The Balaban J connectivity index is 2.90. The van der Waals surface area contributed by atoms with Crippen molar-refractivity contribution in [2.75, 3.05) is 17.0 Å². The molecule has 0 amide bonds. The highest BCUT2D eigenvalue weighted by Crippen LogP contribution is 2.23. The van der Waals surface area contributed by atoms with Crippen LogP contribution in [0.5, 0.6) is 5.75 Å². The molecule has 0 aliphatic carbocycles. The molecule has 0 saturated carbocycles. The number of phenols is 1. The molecule has 15 heavy (non-hydrogen) atoms. The van der Waals surface area contributed by atoms with Crippen molar-refractivity contribution < 1.29 is 13.5 Å². The zero-order valence-corrected chi connectivity index (χ0v) is 9.00. The van der Waals surface area contributed by atoms with Crippen molar-refractivity contribution >= 4 is 21.6 Å².